The first kappa shape index (κ1) is 23.0. The van der Waals surface area contributed by atoms with Crippen LogP contribution in [0, 0.1) is 0 Å². The molecule has 0 aliphatic heterocycles. The van der Waals surface area contributed by atoms with Gasteiger partial charge in [0, 0.05) is 34.2 Å². The van der Waals surface area contributed by atoms with Crippen LogP contribution in [0.3, 0.4) is 0 Å². The highest BCUT2D eigenvalue weighted by Gasteiger charge is 2.02. The summed E-state index contributed by atoms with van der Waals surface area (Å²) in [5.41, 5.74) is 0.728. The fourth-order valence-electron chi connectivity index (χ4n) is 1.11. The van der Waals surface area contributed by atoms with E-state index in [1.807, 2.05) is 0 Å². The third kappa shape index (κ3) is 14.6. The molecule has 0 heterocycles. The second-order valence-electron chi connectivity index (χ2n) is 4.70. The standard InChI is InChI=1S/C16H26O6S2/c1-13(2)15(17)21-11-19-5-7-23-9-10-24-8-6-20-12-22-16(18)14(3)4/h1,3,5-12H2,2,4H3. The maximum absolute atomic E-state index is 11.1. The van der Waals surface area contributed by atoms with E-state index in [1.165, 1.54) is 0 Å². The molecule has 6 nitrogen and oxygen atoms in total. The lowest BCUT2D eigenvalue weighted by Gasteiger charge is -2.06. The monoisotopic (exact) mass is 378 g/mol. The molecular formula is C16H26O6S2. The zero-order valence-corrected chi connectivity index (χ0v) is 16.0. The first-order valence-corrected chi connectivity index (χ1v) is 9.72. The van der Waals surface area contributed by atoms with E-state index in [2.05, 4.69) is 13.2 Å². The molecule has 0 spiro atoms. The minimum Gasteiger partial charge on any atom is -0.435 e. The zero-order chi connectivity index (χ0) is 18.2. The number of hydrogen-bond donors (Lipinski definition) is 0. The van der Waals surface area contributed by atoms with Gasteiger partial charge >= 0.3 is 11.9 Å². The molecule has 0 aliphatic rings. The molecule has 0 radical (unpaired) electrons. The van der Waals surface area contributed by atoms with Crippen molar-refractivity contribution in [3.63, 3.8) is 0 Å². The van der Waals surface area contributed by atoms with Gasteiger partial charge in [-0.15, -0.1) is 0 Å². The minimum absolute atomic E-state index is 0.0334. The van der Waals surface area contributed by atoms with Crippen LogP contribution >= 0.6 is 23.5 Å². The van der Waals surface area contributed by atoms with Gasteiger partial charge in [-0.2, -0.15) is 23.5 Å². The van der Waals surface area contributed by atoms with Crippen molar-refractivity contribution in [2.45, 2.75) is 13.8 Å². The number of esters is 2. The number of hydrogen-bond acceptors (Lipinski definition) is 8. The van der Waals surface area contributed by atoms with E-state index >= 15 is 0 Å². The van der Waals surface area contributed by atoms with E-state index in [9.17, 15) is 9.59 Å². The highest BCUT2D eigenvalue weighted by atomic mass is 32.2. The van der Waals surface area contributed by atoms with Crippen LogP contribution in [-0.2, 0) is 28.5 Å². The van der Waals surface area contributed by atoms with Crippen LogP contribution in [0.25, 0.3) is 0 Å². The minimum atomic E-state index is -0.435. The summed E-state index contributed by atoms with van der Waals surface area (Å²) in [5.74, 6) is 2.83. The third-order valence-corrected chi connectivity index (χ3v) is 4.51. The van der Waals surface area contributed by atoms with Gasteiger partial charge in [-0.05, 0) is 13.8 Å². The fraction of sp³-hybridized carbons (Fsp3) is 0.625. The quantitative estimate of drug-likeness (QED) is 0.186. The molecule has 0 aromatic rings. The van der Waals surface area contributed by atoms with Gasteiger partial charge in [-0.25, -0.2) is 9.59 Å². The van der Waals surface area contributed by atoms with Gasteiger partial charge in [0.2, 0.25) is 0 Å². The SMILES string of the molecule is C=C(C)C(=O)OCOCCSCCSCCOCOC(=O)C(=C)C. The van der Waals surface area contributed by atoms with Crippen LogP contribution in [0.15, 0.2) is 24.3 Å². The summed E-state index contributed by atoms with van der Waals surface area (Å²) >= 11 is 3.54. The Balaban J connectivity index is 3.18. The highest BCUT2D eigenvalue weighted by Crippen LogP contribution is 2.07. The Kier molecular flexibility index (Phi) is 14.9. The highest BCUT2D eigenvalue weighted by molar-refractivity contribution is 8.02. The fourth-order valence-corrected chi connectivity index (χ4v) is 2.93. The Labute approximate surface area is 152 Å². The Morgan fingerprint density at radius 2 is 1.12 bits per heavy atom. The summed E-state index contributed by atoms with van der Waals surface area (Å²) in [4.78, 5) is 22.1. The zero-order valence-electron chi connectivity index (χ0n) is 14.3. The molecule has 0 aliphatic carbocycles. The van der Waals surface area contributed by atoms with Gasteiger partial charge in [0.1, 0.15) is 0 Å². The van der Waals surface area contributed by atoms with E-state index in [4.69, 9.17) is 18.9 Å². The lowest BCUT2D eigenvalue weighted by atomic mass is 10.4. The average molecular weight is 379 g/mol. The van der Waals surface area contributed by atoms with Gasteiger partial charge in [-0.1, -0.05) is 13.2 Å². The van der Waals surface area contributed by atoms with Crippen LogP contribution in [-0.4, -0.2) is 61.7 Å². The van der Waals surface area contributed by atoms with Gasteiger partial charge in [-0.3, -0.25) is 0 Å². The van der Waals surface area contributed by atoms with E-state index in [0.29, 0.717) is 24.4 Å². The van der Waals surface area contributed by atoms with Crippen molar-refractivity contribution in [1.29, 1.82) is 0 Å². The molecule has 0 amide bonds. The molecule has 0 saturated heterocycles. The van der Waals surface area contributed by atoms with Crippen molar-refractivity contribution >= 4 is 35.5 Å². The predicted octanol–water partition coefficient (Wildman–Crippen LogP) is 2.64. The van der Waals surface area contributed by atoms with Gasteiger partial charge < -0.3 is 18.9 Å². The molecule has 0 bridgehead atoms. The summed E-state index contributed by atoms with van der Waals surface area (Å²) in [5, 5.41) is 0. The summed E-state index contributed by atoms with van der Waals surface area (Å²) in [6.07, 6.45) is 0. The molecule has 0 aromatic carbocycles. The Bertz CT molecular complexity index is 373. The molecule has 0 atom stereocenters. The molecule has 0 fully saturated rings. The molecule has 138 valence electrons. The van der Waals surface area contributed by atoms with Crippen molar-refractivity contribution in [2.24, 2.45) is 0 Å². The van der Waals surface area contributed by atoms with Gasteiger partial charge in [0.25, 0.3) is 0 Å². The summed E-state index contributed by atoms with van der Waals surface area (Å²) in [6.45, 7) is 11.2. The van der Waals surface area contributed by atoms with Crippen molar-refractivity contribution < 1.29 is 28.5 Å². The smallest absolute Gasteiger partial charge is 0.335 e. The first-order valence-electron chi connectivity index (χ1n) is 7.41. The van der Waals surface area contributed by atoms with Crippen molar-refractivity contribution in [1.82, 2.24) is 0 Å². The molecule has 0 rings (SSSR count). The largest absolute Gasteiger partial charge is 0.435 e. The van der Waals surface area contributed by atoms with E-state index in [0.717, 1.165) is 23.0 Å². The predicted molar refractivity (Wildman–Crippen MR) is 98.1 cm³/mol. The molecule has 8 heteroatoms. The molecular weight excluding hydrogens is 352 g/mol. The molecule has 0 saturated carbocycles. The van der Waals surface area contributed by atoms with Gasteiger partial charge in [0.05, 0.1) is 13.2 Å². The van der Waals surface area contributed by atoms with E-state index < -0.39 is 11.9 Å². The van der Waals surface area contributed by atoms with Crippen LogP contribution in [0.4, 0.5) is 0 Å². The Morgan fingerprint density at radius 3 is 1.46 bits per heavy atom. The number of ether oxygens (including phenoxy) is 4. The Morgan fingerprint density at radius 1 is 0.750 bits per heavy atom. The van der Waals surface area contributed by atoms with Gasteiger partial charge in [0.15, 0.2) is 13.6 Å². The maximum atomic E-state index is 11.1. The summed E-state index contributed by atoms with van der Waals surface area (Å²) in [6, 6.07) is 0. The van der Waals surface area contributed by atoms with Crippen LogP contribution in [0.2, 0.25) is 0 Å². The normalized spacial score (nSPS) is 10.2. The summed E-state index contributed by atoms with van der Waals surface area (Å²) in [7, 11) is 0. The number of rotatable bonds is 15. The number of carbonyl (C=O) groups excluding carboxylic acids is 2. The average Bonchev–Trinajstić information content (AvgIpc) is 2.54. The van der Waals surface area contributed by atoms with Crippen LogP contribution < -0.4 is 0 Å². The van der Waals surface area contributed by atoms with Crippen LogP contribution in [0.1, 0.15) is 13.8 Å². The summed E-state index contributed by atoms with van der Waals surface area (Å²) < 4.78 is 20.0. The lowest BCUT2D eigenvalue weighted by molar-refractivity contribution is -0.151. The molecule has 24 heavy (non-hydrogen) atoms. The van der Waals surface area contributed by atoms with Crippen molar-refractivity contribution in [3.8, 4) is 0 Å². The van der Waals surface area contributed by atoms with E-state index in [1.54, 1.807) is 37.4 Å². The molecule has 0 aromatic heterocycles. The Hall–Kier alpha value is -0.960. The van der Waals surface area contributed by atoms with E-state index in [-0.39, 0.29) is 13.6 Å². The number of thioether (sulfide) groups is 2. The lowest BCUT2D eigenvalue weighted by Crippen LogP contribution is -2.10. The second kappa shape index (κ2) is 15.6. The van der Waals surface area contributed by atoms with Crippen molar-refractivity contribution in [3.05, 3.63) is 24.3 Å². The van der Waals surface area contributed by atoms with Crippen LogP contribution in [0.5, 0.6) is 0 Å². The van der Waals surface area contributed by atoms with Crippen molar-refractivity contribution in [2.75, 3.05) is 49.8 Å². The third-order valence-electron chi connectivity index (χ3n) is 2.36. The molecule has 0 N–H and O–H groups in total. The maximum Gasteiger partial charge on any atom is 0.335 e. The number of carbonyl (C=O) groups is 2. The topological polar surface area (TPSA) is 71.1 Å². The first-order chi connectivity index (χ1) is 11.4. The molecule has 0 unspecified atom stereocenters. The second-order valence-corrected chi connectivity index (χ2v) is 7.15.